The summed E-state index contributed by atoms with van der Waals surface area (Å²) in [7, 11) is 0. The molecule has 0 atom stereocenters. The number of carbonyl (C=O) groups excluding carboxylic acids is 1. The molecule has 0 saturated heterocycles. The van der Waals surface area contributed by atoms with E-state index in [9.17, 15) is 4.79 Å². The van der Waals surface area contributed by atoms with Crippen molar-refractivity contribution in [3.63, 3.8) is 0 Å². The monoisotopic (exact) mass is 295 g/mol. The van der Waals surface area contributed by atoms with Crippen molar-refractivity contribution in [2.75, 3.05) is 0 Å². The van der Waals surface area contributed by atoms with Gasteiger partial charge in [0.05, 0.1) is 6.42 Å². The van der Waals surface area contributed by atoms with Crippen molar-refractivity contribution >= 4 is 16.7 Å². The van der Waals surface area contributed by atoms with Gasteiger partial charge in [0, 0.05) is 6.04 Å². The quantitative estimate of drug-likeness (QED) is 0.886. The molecule has 0 aliphatic heterocycles. The van der Waals surface area contributed by atoms with Gasteiger partial charge in [-0.15, -0.1) is 0 Å². The van der Waals surface area contributed by atoms with Crippen LogP contribution in [0.25, 0.3) is 10.8 Å². The molecule has 0 aromatic heterocycles. The Labute approximate surface area is 132 Å². The van der Waals surface area contributed by atoms with E-state index in [-0.39, 0.29) is 5.91 Å². The second-order valence-electron chi connectivity index (χ2n) is 6.51. The first-order valence-electron chi connectivity index (χ1n) is 8.52. The summed E-state index contributed by atoms with van der Waals surface area (Å²) in [6.45, 7) is 2.27. The highest BCUT2D eigenvalue weighted by Gasteiger charge is 2.21. The summed E-state index contributed by atoms with van der Waals surface area (Å²) >= 11 is 0. The van der Waals surface area contributed by atoms with E-state index in [1.54, 1.807) is 0 Å². The molecular formula is C20H25NO. The zero-order valence-corrected chi connectivity index (χ0v) is 13.3. The molecule has 1 amide bonds. The number of nitrogens with one attached hydrogen (secondary N) is 1. The Balaban J connectivity index is 1.62. The molecule has 2 aromatic rings. The molecule has 1 aliphatic rings. The Morgan fingerprint density at radius 2 is 1.77 bits per heavy atom. The highest BCUT2D eigenvalue weighted by atomic mass is 16.1. The SMILES string of the molecule is CCC1CCC(NC(=O)Cc2cccc3ccccc23)CC1. The van der Waals surface area contributed by atoms with E-state index in [0.29, 0.717) is 12.5 Å². The smallest absolute Gasteiger partial charge is 0.224 e. The molecule has 0 radical (unpaired) electrons. The number of amides is 1. The lowest BCUT2D eigenvalue weighted by Gasteiger charge is -2.28. The number of rotatable bonds is 4. The molecule has 1 fully saturated rings. The summed E-state index contributed by atoms with van der Waals surface area (Å²) in [5.41, 5.74) is 1.12. The summed E-state index contributed by atoms with van der Waals surface area (Å²) in [5, 5.41) is 5.63. The molecule has 1 saturated carbocycles. The molecule has 2 nitrogen and oxygen atoms in total. The Bertz CT molecular complexity index is 636. The van der Waals surface area contributed by atoms with Crippen molar-refractivity contribution in [2.45, 2.75) is 51.5 Å². The Morgan fingerprint density at radius 1 is 1.05 bits per heavy atom. The summed E-state index contributed by atoms with van der Waals surface area (Å²) in [4.78, 5) is 12.4. The van der Waals surface area contributed by atoms with Gasteiger partial charge in [0.1, 0.15) is 0 Å². The summed E-state index contributed by atoms with van der Waals surface area (Å²) < 4.78 is 0. The number of hydrogen-bond donors (Lipinski definition) is 1. The van der Waals surface area contributed by atoms with E-state index in [1.807, 2.05) is 18.2 Å². The molecule has 0 bridgehead atoms. The van der Waals surface area contributed by atoms with E-state index in [4.69, 9.17) is 0 Å². The second kappa shape index (κ2) is 6.95. The van der Waals surface area contributed by atoms with Crippen molar-refractivity contribution in [1.29, 1.82) is 0 Å². The maximum absolute atomic E-state index is 12.4. The fraction of sp³-hybridized carbons (Fsp3) is 0.450. The summed E-state index contributed by atoms with van der Waals surface area (Å²) in [6, 6.07) is 14.9. The molecule has 22 heavy (non-hydrogen) atoms. The molecule has 0 unspecified atom stereocenters. The van der Waals surface area contributed by atoms with Crippen LogP contribution in [0.2, 0.25) is 0 Å². The van der Waals surface area contributed by atoms with E-state index in [1.165, 1.54) is 30.0 Å². The lowest BCUT2D eigenvalue weighted by atomic mass is 9.84. The van der Waals surface area contributed by atoms with Crippen molar-refractivity contribution in [1.82, 2.24) is 5.32 Å². The number of carbonyl (C=O) groups is 1. The van der Waals surface area contributed by atoms with Gasteiger partial charge in [-0.05, 0) is 47.9 Å². The zero-order chi connectivity index (χ0) is 15.4. The first-order chi connectivity index (χ1) is 10.8. The van der Waals surface area contributed by atoms with Crippen LogP contribution in [-0.2, 0) is 11.2 Å². The largest absolute Gasteiger partial charge is 0.353 e. The van der Waals surface area contributed by atoms with Crippen molar-refractivity contribution < 1.29 is 4.79 Å². The fourth-order valence-corrected chi connectivity index (χ4v) is 3.61. The topological polar surface area (TPSA) is 29.1 Å². The fourth-order valence-electron chi connectivity index (χ4n) is 3.61. The zero-order valence-electron chi connectivity index (χ0n) is 13.3. The van der Waals surface area contributed by atoms with Gasteiger partial charge in [0.2, 0.25) is 5.91 Å². The molecule has 1 aliphatic carbocycles. The van der Waals surface area contributed by atoms with E-state index < -0.39 is 0 Å². The third-order valence-corrected chi connectivity index (χ3v) is 5.02. The highest BCUT2D eigenvalue weighted by molar-refractivity contribution is 5.90. The van der Waals surface area contributed by atoms with Gasteiger partial charge in [0.15, 0.2) is 0 Å². The molecule has 0 spiro atoms. The Kier molecular flexibility index (Phi) is 4.77. The van der Waals surface area contributed by atoms with Crippen LogP contribution in [0.15, 0.2) is 42.5 Å². The third kappa shape index (κ3) is 3.49. The van der Waals surface area contributed by atoms with Crippen LogP contribution in [0.1, 0.15) is 44.6 Å². The minimum atomic E-state index is 0.163. The van der Waals surface area contributed by atoms with Gasteiger partial charge in [-0.2, -0.15) is 0 Å². The van der Waals surface area contributed by atoms with Gasteiger partial charge in [-0.25, -0.2) is 0 Å². The molecule has 1 N–H and O–H groups in total. The van der Waals surface area contributed by atoms with Gasteiger partial charge in [0.25, 0.3) is 0 Å². The van der Waals surface area contributed by atoms with Gasteiger partial charge in [-0.1, -0.05) is 55.8 Å². The predicted molar refractivity (Wildman–Crippen MR) is 91.8 cm³/mol. The Morgan fingerprint density at radius 3 is 2.55 bits per heavy atom. The molecular weight excluding hydrogens is 270 g/mol. The first-order valence-corrected chi connectivity index (χ1v) is 8.52. The average molecular weight is 295 g/mol. The molecule has 2 heteroatoms. The normalized spacial score (nSPS) is 21.7. The second-order valence-corrected chi connectivity index (χ2v) is 6.51. The highest BCUT2D eigenvalue weighted by Crippen LogP contribution is 2.26. The lowest BCUT2D eigenvalue weighted by molar-refractivity contribution is -0.121. The lowest BCUT2D eigenvalue weighted by Crippen LogP contribution is -2.38. The van der Waals surface area contributed by atoms with Gasteiger partial charge in [-0.3, -0.25) is 4.79 Å². The van der Waals surface area contributed by atoms with Crippen LogP contribution in [-0.4, -0.2) is 11.9 Å². The molecule has 0 heterocycles. The number of hydrogen-bond acceptors (Lipinski definition) is 1. The minimum Gasteiger partial charge on any atom is -0.353 e. The van der Waals surface area contributed by atoms with Gasteiger partial charge >= 0.3 is 0 Å². The maximum Gasteiger partial charge on any atom is 0.224 e. The third-order valence-electron chi connectivity index (χ3n) is 5.02. The Hall–Kier alpha value is -1.83. The van der Waals surface area contributed by atoms with E-state index in [0.717, 1.165) is 24.3 Å². The maximum atomic E-state index is 12.4. The minimum absolute atomic E-state index is 0.163. The number of benzene rings is 2. The van der Waals surface area contributed by atoms with Crippen molar-refractivity contribution in [3.05, 3.63) is 48.0 Å². The average Bonchev–Trinajstić information content (AvgIpc) is 2.56. The van der Waals surface area contributed by atoms with Gasteiger partial charge < -0.3 is 5.32 Å². The summed E-state index contributed by atoms with van der Waals surface area (Å²) in [5.74, 6) is 1.03. The first kappa shape index (κ1) is 15.1. The standard InChI is InChI=1S/C20H25NO/c1-2-15-10-12-18(13-11-15)21-20(22)14-17-8-5-7-16-6-3-4-9-19(16)17/h3-9,15,18H,2,10-14H2,1H3,(H,21,22). The van der Waals surface area contributed by atoms with Crippen LogP contribution in [0.3, 0.4) is 0 Å². The van der Waals surface area contributed by atoms with Crippen molar-refractivity contribution in [3.8, 4) is 0 Å². The van der Waals surface area contributed by atoms with Crippen LogP contribution < -0.4 is 5.32 Å². The van der Waals surface area contributed by atoms with E-state index in [2.05, 4.69) is 36.5 Å². The molecule has 2 aromatic carbocycles. The van der Waals surface area contributed by atoms with Crippen molar-refractivity contribution in [2.24, 2.45) is 5.92 Å². The van der Waals surface area contributed by atoms with Crippen LogP contribution >= 0.6 is 0 Å². The number of fused-ring (bicyclic) bond motifs is 1. The van der Waals surface area contributed by atoms with Crippen LogP contribution in [0.5, 0.6) is 0 Å². The van der Waals surface area contributed by atoms with E-state index >= 15 is 0 Å². The van der Waals surface area contributed by atoms with Crippen LogP contribution in [0.4, 0.5) is 0 Å². The molecule has 3 rings (SSSR count). The van der Waals surface area contributed by atoms with Crippen LogP contribution in [0, 0.1) is 5.92 Å². The predicted octanol–water partition coefficient (Wildman–Crippen LogP) is 4.47. The summed E-state index contributed by atoms with van der Waals surface area (Å²) in [6.07, 6.45) is 6.55. The molecule has 116 valence electrons.